The molecule has 8 aliphatic heterocycles. The van der Waals surface area contributed by atoms with E-state index in [0.29, 0.717) is 25.4 Å². The molecule has 9 rings (SSSR count). The molecule has 0 aliphatic carbocycles. The zero-order valence-electron chi connectivity index (χ0n) is 85.6. The van der Waals surface area contributed by atoms with E-state index in [9.17, 15) is 38.4 Å². The van der Waals surface area contributed by atoms with Crippen molar-refractivity contribution in [2.24, 2.45) is 108 Å². The van der Waals surface area contributed by atoms with Crippen LogP contribution in [0, 0.1) is 103 Å². The first-order valence-corrected chi connectivity index (χ1v) is 44.0. The van der Waals surface area contributed by atoms with Gasteiger partial charge in [-0.05, 0) is 94.4 Å². The molecule has 8 aliphatic rings. The first kappa shape index (κ1) is 110. The van der Waals surface area contributed by atoms with Crippen molar-refractivity contribution in [2.45, 2.75) is 373 Å². The Labute approximate surface area is 736 Å². The number of aliphatic imine (C=N–C) groups is 1. The average molecular weight is 1690 g/mol. The van der Waals surface area contributed by atoms with Gasteiger partial charge < -0.3 is 57.3 Å². The minimum Gasteiger partial charge on any atom is -0.447 e. The molecule has 0 atom stereocenters. The third-order valence-electron chi connectivity index (χ3n) is 27.7. The van der Waals surface area contributed by atoms with Gasteiger partial charge in [0, 0.05) is 66.1 Å². The lowest BCUT2D eigenvalue weighted by atomic mass is 9.52. The molecule has 10 N–H and O–H groups in total. The highest BCUT2D eigenvalue weighted by Gasteiger charge is 2.63. The number of rotatable bonds is 1. The van der Waals surface area contributed by atoms with E-state index in [1.54, 1.807) is 18.6 Å². The topological polar surface area (TPSA) is 288 Å². The Hall–Kier alpha value is -7.19. The molecule has 121 heavy (non-hydrogen) atoms. The Morgan fingerprint density at radius 3 is 1.00 bits per heavy atom. The number of amidine groups is 1. The van der Waals surface area contributed by atoms with Gasteiger partial charge in [0.25, 0.3) is 5.91 Å². The summed E-state index contributed by atoms with van der Waals surface area (Å²) in [5.41, 5.74) is -2.55. The van der Waals surface area contributed by atoms with Crippen LogP contribution >= 0.6 is 0 Å². The van der Waals surface area contributed by atoms with E-state index in [1.807, 2.05) is 48.7 Å². The van der Waals surface area contributed by atoms with E-state index in [4.69, 9.17) is 14.5 Å². The lowest BCUT2D eigenvalue weighted by Crippen LogP contribution is -2.66. The molecule has 21 nitrogen and oxygen atoms in total. The number of carbonyl (C=O) groups is 8. The third kappa shape index (κ3) is 22.6. The van der Waals surface area contributed by atoms with Gasteiger partial charge in [-0.2, -0.15) is 0 Å². The molecule has 21 heteroatoms. The predicted molar refractivity (Wildman–Crippen MR) is 501 cm³/mol. The highest BCUT2D eigenvalue weighted by molar-refractivity contribution is 6.16. The van der Waals surface area contributed by atoms with Crippen molar-refractivity contribution >= 4 is 53.7 Å². The Morgan fingerprint density at radius 1 is 0.347 bits per heavy atom. The monoisotopic (exact) mass is 1690 g/mol. The lowest BCUT2D eigenvalue weighted by molar-refractivity contribution is -0.143. The van der Waals surface area contributed by atoms with Crippen LogP contribution in [0.1, 0.15) is 351 Å². The second kappa shape index (κ2) is 36.0. The number of benzene rings is 1. The number of amides is 10. The zero-order chi connectivity index (χ0) is 95.7. The standard InChI is InChI=1S/C17H24N2O.C13H23NO.C12H22N2O.C12H21NO2.C12H23NO.C12H21NO.C11H22N2O.C11H21NO2/c1-15(2,3)17(16(4,5)6)14(20)18-13(19-17)12-10-8-7-9-11-12;1-11(2,3)13(12(4,5)6)7-8-14-10(15)9-13;1-10(2,3)12(11(4,5)6)7-8-13-9(15)14-12;1-10(2,3)12(11(4,5)6)7-8-13-9(14)15-12;2*1-10(2,3)12(11(4,5)6)7-8-13-9(12)14;1-9(2,3)11(10(4,5)6)7-12-8(14)13-11;1-9(2,3)11(10(4,5)6)7-14-8(13)12-11/h7-11H,1-6H3,(H,18,19,20);7-8H,9H2,1-6H3,(H,14,15);7-8H,1-6H3,(H2,13,14,15);7-8H,1-6H3,(H,13,14);7-8H2,1-6H3,(H,13,14);7-8H,1-6H3,(H,13,14);7H2,1-6H3,(H2,12,13,14);7H2,1-6H3,(H,12,13). The van der Waals surface area contributed by atoms with Crippen molar-refractivity contribution in [3.63, 3.8) is 0 Å². The number of hydrogen-bond acceptors (Lipinski definition) is 11. The first-order valence-electron chi connectivity index (χ1n) is 44.0. The summed E-state index contributed by atoms with van der Waals surface area (Å²) in [4.78, 5) is 98.8. The maximum atomic E-state index is 12.7. The predicted octanol–water partition coefficient (Wildman–Crippen LogP) is 22.2. The van der Waals surface area contributed by atoms with Crippen LogP contribution in [0.2, 0.25) is 0 Å². The Kier molecular flexibility index (Phi) is 32.7. The fraction of sp³-hybridized carbons (Fsp3) is 0.770. The Bertz CT molecular complexity index is 3630. The number of alkyl carbamates (subject to hydrolysis) is 2. The van der Waals surface area contributed by atoms with Gasteiger partial charge in [-0.3, -0.25) is 24.5 Å². The van der Waals surface area contributed by atoms with E-state index in [-0.39, 0.29) is 162 Å². The smallest absolute Gasteiger partial charge is 0.412 e. The summed E-state index contributed by atoms with van der Waals surface area (Å²) < 4.78 is 10.6. The van der Waals surface area contributed by atoms with Gasteiger partial charge >= 0.3 is 24.2 Å². The van der Waals surface area contributed by atoms with E-state index in [0.717, 1.165) is 18.5 Å². The zero-order valence-corrected chi connectivity index (χ0v) is 85.6. The van der Waals surface area contributed by atoms with Crippen molar-refractivity contribution in [2.75, 3.05) is 19.7 Å². The number of hydrogen-bond donors (Lipinski definition) is 10. The van der Waals surface area contributed by atoms with Crippen molar-refractivity contribution in [3.8, 4) is 0 Å². The fourth-order valence-corrected chi connectivity index (χ4v) is 21.8. The normalized spacial score (nSPS) is 20.9. The first-order chi connectivity index (χ1) is 53.4. The van der Waals surface area contributed by atoms with Crippen LogP contribution in [0.4, 0.5) is 19.2 Å². The molecule has 0 spiro atoms. The van der Waals surface area contributed by atoms with Gasteiger partial charge in [-0.15, -0.1) is 0 Å². The van der Waals surface area contributed by atoms with Gasteiger partial charge in [0.2, 0.25) is 17.7 Å². The van der Waals surface area contributed by atoms with E-state index in [1.165, 1.54) is 0 Å². The molecule has 10 amide bonds. The summed E-state index contributed by atoms with van der Waals surface area (Å²) >= 11 is 0. The molecule has 0 saturated carbocycles. The van der Waals surface area contributed by atoms with Crippen LogP contribution in [-0.2, 0) is 28.7 Å². The minimum absolute atomic E-state index is 0.00338. The summed E-state index contributed by atoms with van der Waals surface area (Å²) in [6.45, 7) is 105. The number of allylic oxidation sites excluding steroid dienone is 1. The van der Waals surface area contributed by atoms with Crippen molar-refractivity contribution < 1.29 is 47.8 Å². The maximum absolute atomic E-state index is 12.7. The molecule has 0 aromatic heterocycles. The molecule has 0 unspecified atom stereocenters. The van der Waals surface area contributed by atoms with Gasteiger partial charge in [-0.1, -0.05) is 375 Å². The number of ether oxygens (including phenoxy) is 2. The van der Waals surface area contributed by atoms with Crippen LogP contribution < -0.4 is 53.2 Å². The van der Waals surface area contributed by atoms with Crippen molar-refractivity contribution in [1.29, 1.82) is 0 Å². The van der Waals surface area contributed by atoms with Crippen LogP contribution in [0.15, 0.2) is 84.4 Å². The van der Waals surface area contributed by atoms with Gasteiger partial charge in [-0.25, -0.2) is 24.2 Å². The summed E-state index contributed by atoms with van der Waals surface area (Å²) in [6.07, 6.45) is 16.1. The average Bonchev–Trinajstić information content (AvgIpc) is 1.63. The molecule has 8 heterocycles. The summed E-state index contributed by atoms with van der Waals surface area (Å²) in [7, 11) is 0. The molecule has 3 saturated heterocycles. The van der Waals surface area contributed by atoms with Crippen LogP contribution in [0.3, 0.4) is 0 Å². The quantitative estimate of drug-likeness (QED) is 0.127. The second-order valence-corrected chi connectivity index (χ2v) is 51.2. The second-order valence-electron chi connectivity index (χ2n) is 51.2. The third-order valence-corrected chi connectivity index (χ3v) is 27.7. The van der Waals surface area contributed by atoms with E-state index in [2.05, 4.69) is 398 Å². The van der Waals surface area contributed by atoms with E-state index < -0.39 is 16.6 Å². The highest BCUT2D eigenvalue weighted by Crippen LogP contribution is 2.59. The van der Waals surface area contributed by atoms with Crippen LogP contribution in [0.5, 0.6) is 0 Å². The Morgan fingerprint density at radius 2 is 0.769 bits per heavy atom. The summed E-state index contributed by atoms with van der Waals surface area (Å²) in [6, 6.07) is 9.65. The number of cyclic esters (lactones) is 2. The maximum Gasteiger partial charge on any atom is 0.412 e. The van der Waals surface area contributed by atoms with Crippen LogP contribution in [0.25, 0.3) is 0 Å². The minimum atomic E-state index is -0.759. The van der Waals surface area contributed by atoms with Crippen molar-refractivity contribution in [1.82, 2.24) is 53.2 Å². The van der Waals surface area contributed by atoms with Crippen molar-refractivity contribution in [3.05, 3.63) is 85.0 Å². The number of urea groups is 2. The summed E-state index contributed by atoms with van der Waals surface area (Å²) in [5.74, 6) is 1.16. The lowest BCUT2D eigenvalue weighted by Gasteiger charge is -2.53. The molecular formula is C100H177N11O10. The molecular weight excluding hydrogens is 1520 g/mol. The van der Waals surface area contributed by atoms with Gasteiger partial charge in [0.15, 0.2) is 5.54 Å². The largest absolute Gasteiger partial charge is 0.447 e. The molecule has 1 aromatic rings. The fourth-order valence-electron chi connectivity index (χ4n) is 21.8. The molecule has 1 aromatic carbocycles. The molecule has 0 radical (unpaired) electrons. The van der Waals surface area contributed by atoms with E-state index >= 15 is 0 Å². The highest BCUT2D eigenvalue weighted by atomic mass is 16.6. The Balaban J connectivity index is 0.000000470. The SMILES string of the molecule is CC(C)(C)C1(C(C)(C)C)C=CNC(=O)C1.CC(C)(C)C1(C(C)(C)C)C=CNC(=O)N1.CC(C)(C)C1(C(C)(C)C)C=CNC(=O)O1.CC(C)(C)C1(C(C)(C)C)C=CNC1=O.CC(C)(C)C1(C(C)(C)C)CCNC1=O.CC(C)(C)C1(C(C)(C)C)CNC(=O)N1.CC(C)(C)C1(C(C)(C)C)COC(=O)N1.CC(C)(C)C1(C(C)(C)C)N=C(c2ccccc2)NC1=O. The number of carbonyl (C=O) groups excluding carboxylic acids is 8. The van der Waals surface area contributed by atoms with Gasteiger partial charge in [0.1, 0.15) is 18.0 Å². The van der Waals surface area contributed by atoms with Gasteiger partial charge in [0.05, 0.1) is 27.4 Å². The number of nitrogens with one attached hydrogen (secondary N) is 10. The molecule has 692 valence electrons. The number of nitrogens with zero attached hydrogens (tertiary/aromatic N) is 1. The molecule has 0 bridgehead atoms. The molecule has 3 fully saturated rings. The summed E-state index contributed by atoms with van der Waals surface area (Å²) in [5, 5.41) is 28.8. The van der Waals surface area contributed by atoms with Crippen LogP contribution in [-0.4, -0.2) is 101 Å².